The molecule has 0 aliphatic rings. The Morgan fingerprint density at radius 1 is 0.923 bits per heavy atom. The van der Waals surface area contributed by atoms with Crippen molar-refractivity contribution in [3.8, 4) is 11.5 Å². The molecule has 0 fully saturated rings. The van der Waals surface area contributed by atoms with Crippen LogP contribution in [0, 0.1) is 7.14 Å². The van der Waals surface area contributed by atoms with E-state index in [0.717, 1.165) is 7.14 Å². The van der Waals surface area contributed by atoms with Crippen molar-refractivity contribution < 1.29 is 28.9 Å². The van der Waals surface area contributed by atoms with Crippen LogP contribution in [-0.4, -0.2) is 37.9 Å². The van der Waals surface area contributed by atoms with Crippen LogP contribution in [0.5, 0.6) is 11.5 Å². The van der Waals surface area contributed by atoms with Gasteiger partial charge in [0.15, 0.2) is 0 Å². The van der Waals surface area contributed by atoms with Crippen LogP contribution in [0.3, 0.4) is 0 Å². The van der Waals surface area contributed by atoms with Crippen LogP contribution in [0.2, 0.25) is 0 Å². The molecule has 0 aromatic heterocycles. The van der Waals surface area contributed by atoms with Gasteiger partial charge in [0.2, 0.25) is 0 Å². The number of carbonyl (C=O) groups excluding carboxylic acids is 2. The van der Waals surface area contributed by atoms with Crippen LogP contribution in [0.1, 0.15) is 27.6 Å². The number of aromatic hydroxyl groups is 1. The zero-order valence-electron chi connectivity index (χ0n) is 14.4. The van der Waals surface area contributed by atoms with Gasteiger partial charge in [-0.3, -0.25) is 0 Å². The van der Waals surface area contributed by atoms with Gasteiger partial charge in [0.25, 0.3) is 0 Å². The van der Waals surface area contributed by atoms with Gasteiger partial charge < -0.3 is 19.3 Å². The van der Waals surface area contributed by atoms with E-state index in [2.05, 4.69) is 32.1 Å². The van der Waals surface area contributed by atoms with E-state index in [1.54, 1.807) is 12.1 Å². The Bertz CT molecular complexity index is 776. The molecule has 2 rings (SSSR count). The van der Waals surface area contributed by atoms with Crippen molar-refractivity contribution in [3.63, 3.8) is 0 Å². The Hall–Kier alpha value is -1.56. The highest BCUT2D eigenvalue weighted by atomic mass is 127. The minimum absolute atomic E-state index is 0.0475. The van der Waals surface area contributed by atoms with Crippen LogP contribution in [0.25, 0.3) is 0 Å². The number of esters is 2. The molecule has 0 saturated carbocycles. The molecular formula is C18H18I2O6. The summed E-state index contributed by atoms with van der Waals surface area (Å²) < 4.78 is 16.3. The van der Waals surface area contributed by atoms with Crippen LogP contribution >= 0.6 is 45.2 Å². The Morgan fingerprint density at radius 3 is 1.92 bits per heavy atom. The monoisotopic (exact) mass is 584 g/mol. The molecule has 1 N–H and O–H groups in total. The number of carbonyl (C=O) groups is 2. The molecule has 0 unspecified atom stereocenters. The maximum atomic E-state index is 11.3. The summed E-state index contributed by atoms with van der Waals surface area (Å²) in [7, 11) is 2.63. The van der Waals surface area contributed by atoms with Gasteiger partial charge in [0.05, 0.1) is 20.8 Å². The number of methoxy groups -OCH3 is 2. The van der Waals surface area contributed by atoms with Gasteiger partial charge in [-0.15, -0.1) is 0 Å². The minimum Gasteiger partial charge on any atom is -0.507 e. The molecule has 2 aromatic rings. The van der Waals surface area contributed by atoms with Gasteiger partial charge in [-0.1, -0.05) is 0 Å². The molecule has 140 valence electrons. The molecule has 0 amide bonds. The molecule has 0 spiro atoms. The summed E-state index contributed by atoms with van der Waals surface area (Å²) in [5.41, 5.74) is 0.660. The first kappa shape index (κ1) is 22.5. The molecule has 0 saturated heterocycles. The molecule has 0 atom stereocenters. The molecule has 0 radical (unpaired) electrons. The second kappa shape index (κ2) is 11.2. The van der Waals surface area contributed by atoms with Gasteiger partial charge >= 0.3 is 11.9 Å². The fourth-order valence-electron chi connectivity index (χ4n) is 1.84. The minimum atomic E-state index is -0.524. The van der Waals surface area contributed by atoms with Crippen LogP contribution in [0.4, 0.5) is 0 Å². The Balaban J connectivity index is 0.000000263. The maximum absolute atomic E-state index is 11.3. The van der Waals surface area contributed by atoms with Crippen molar-refractivity contribution >= 4 is 57.1 Å². The molecule has 26 heavy (non-hydrogen) atoms. The molecule has 0 aliphatic carbocycles. The van der Waals surface area contributed by atoms with Gasteiger partial charge in [0.1, 0.15) is 22.6 Å². The first-order valence-electron chi connectivity index (χ1n) is 7.41. The summed E-state index contributed by atoms with van der Waals surface area (Å²) in [6.45, 7) is 2.41. The van der Waals surface area contributed by atoms with Gasteiger partial charge in [0, 0.05) is 7.14 Å². The van der Waals surface area contributed by atoms with Crippen LogP contribution in [0.15, 0.2) is 36.4 Å². The highest BCUT2D eigenvalue weighted by Crippen LogP contribution is 2.22. The number of hydrogen-bond donors (Lipinski definition) is 1. The first-order valence-corrected chi connectivity index (χ1v) is 9.57. The van der Waals surface area contributed by atoms with E-state index in [0.29, 0.717) is 17.9 Å². The number of phenolic OH excluding ortho intramolecular Hbond substituents is 1. The van der Waals surface area contributed by atoms with E-state index in [1.165, 1.54) is 26.4 Å². The summed E-state index contributed by atoms with van der Waals surface area (Å²) in [6.07, 6.45) is 0. The van der Waals surface area contributed by atoms with Gasteiger partial charge in [-0.05, 0) is 88.5 Å². The third-order valence-corrected chi connectivity index (χ3v) is 4.36. The smallest absolute Gasteiger partial charge is 0.341 e. The van der Waals surface area contributed by atoms with Crippen LogP contribution < -0.4 is 4.74 Å². The van der Waals surface area contributed by atoms with E-state index in [4.69, 9.17) is 4.74 Å². The lowest BCUT2D eigenvalue weighted by atomic mass is 10.2. The zero-order valence-corrected chi connectivity index (χ0v) is 18.7. The number of halogens is 2. The van der Waals surface area contributed by atoms with E-state index >= 15 is 0 Å². The van der Waals surface area contributed by atoms with Gasteiger partial charge in [-0.25, -0.2) is 9.59 Å². The second-order valence-corrected chi connectivity index (χ2v) is 7.21. The molecule has 2 aromatic carbocycles. The molecule has 0 aliphatic heterocycles. The average Bonchev–Trinajstić information content (AvgIpc) is 2.61. The summed E-state index contributed by atoms with van der Waals surface area (Å²) in [6, 6.07) is 10.1. The molecule has 6 nitrogen and oxygen atoms in total. The van der Waals surface area contributed by atoms with E-state index in [-0.39, 0.29) is 17.3 Å². The highest BCUT2D eigenvalue weighted by molar-refractivity contribution is 14.1. The average molecular weight is 584 g/mol. The number of rotatable bonds is 4. The zero-order chi connectivity index (χ0) is 19.7. The molecular weight excluding hydrogens is 566 g/mol. The molecule has 8 heteroatoms. The largest absolute Gasteiger partial charge is 0.507 e. The number of ether oxygens (including phenoxy) is 3. The fourth-order valence-corrected chi connectivity index (χ4v) is 2.77. The van der Waals surface area contributed by atoms with E-state index < -0.39 is 5.97 Å². The fraction of sp³-hybridized carbons (Fsp3) is 0.222. The number of hydrogen-bond acceptors (Lipinski definition) is 6. The molecule has 0 bridgehead atoms. The third kappa shape index (κ3) is 6.63. The predicted octanol–water partition coefficient (Wildman–Crippen LogP) is 4.26. The maximum Gasteiger partial charge on any atom is 0.341 e. The number of benzene rings is 2. The Morgan fingerprint density at radius 2 is 1.42 bits per heavy atom. The summed E-state index contributed by atoms with van der Waals surface area (Å²) in [5.74, 6) is -0.367. The van der Waals surface area contributed by atoms with Crippen molar-refractivity contribution in [2.75, 3.05) is 20.8 Å². The van der Waals surface area contributed by atoms with Crippen molar-refractivity contribution in [3.05, 3.63) is 54.7 Å². The SMILES string of the molecule is CCOc1cc(I)ccc1C(=O)OC.COC(=O)c1ccc(I)cc1O. The second-order valence-electron chi connectivity index (χ2n) is 4.72. The number of phenols is 1. The summed E-state index contributed by atoms with van der Waals surface area (Å²) in [4.78, 5) is 22.3. The van der Waals surface area contributed by atoms with E-state index in [9.17, 15) is 14.7 Å². The third-order valence-electron chi connectivity index (χ3n) is 3.01. The topological polar surface area (TPSA) is 82.1 Å². The first-order chi connectivity index (χ1) is 12.3. The highest BCUT2D eigenvalue weighted by Gasteiger charge is 2.12. The summed E-state index contributed by atoms with van der Waals surface area (Å²) in [5, 5.41) is 9.29. The molecule has 0 heterocycles. The lowest BCUT2D eigenvalue weighted by Crippen LogP contribution is -2.05. The standard InChI is InChI=1S/C10H11IO3.C8H7IO3/c1-3-14-9-6-7(11)4-5-8(9)10(12)13-2;1-12-8(11)6-3-2-5(9)4-7(6)10/h4-6H,3H2,1-2H3;2-4,10H,1H3. The Labute approximate surface area is 179 Å². The normalized spacial score (nSPS) is 9.58. The summed E-state index contributed by atoms with van der Waals surface area (Å²) >= 11 is 4.21. The van der Waals surface area contributed by atoms with Crippen molar-refractivity contribution in [1.29, 1.82) is 0 Å². The predicted molar refractivity (Wildman–Crippen MR) is 114 cm³/mol. The van der Waals surface area contributed by atoms with Gasteiger partial charge in [-0.2, -0.15) is 0 Å². The van der Waals surface area contributed by atoms with Crippen LogP contribution in [-0.2, 0) is 9.47 Å². The van der Waals surface area contributed by atoms with Crippen molar-refractivity contribution in [2.45, 2.75) is 6.92 Å². The van der Waals surface area contributed by atoms with E-state index in [1.807, 2.05) is 41.6 Å². The Kier molecular flexibility index (Phi) is 9.70. The lowest BCUT2D eigenvalue weighted by molar-refractivity contribution is 0.0587. The quantitative estimate of drug-likeness (QED) is 0.428. The van der Waals surface area contributed by atoms with Crippen molar-refractivity contribution in [1.82, 2.24) is 0 Å². The van der Waals surface area contributed by atoms with Crippen molar-refractivity contribution in [2.24, 2.45) is 0 Å². The lowest BCUT2D eigenvalue weighted by Gasteiger charge is -2.08.